The Morgan fingerprint density at radius 3 is 2.36 bits per heavy atom. The van der Waals surface area contributed by atoms with Crippen LogP contribution in [0.1, 0.15) is 39.5 Å². The molecule has 0 fully saturated rings. The average molecular weight is 605 g/mol. The fourth-order valence-electron chi connectivity index (χ4n) is 6.50. The molecule has 45 heavy (non-hydrogen) atoms. The highest BCUT2D eigenvalue weighted by atomic mass is 19.4. The summed E-state index contributed by atoms with van der Waals surface area (Å²) in [7, 11) is 0. The Kier molecular flexibility index (Phi) is 7.42. The smallest absolute Gasteiger partial charge is 0.416 e. The van der Waals surface area contributed by atoms with Crippen LogP contribution in [-0.4, -0.2) is 22.0 Å². The molecule has 0 aliphatic carbocycles. The number of nitrogens with zero attached hydrogens (tertiary/aromatic N) is 2. The number of rotatable bonds is 6. The number of aromatic nitrogens is 1. The van der Waals surface area contributed by atoms with Crippen molar-refractivity contribution >= 4 is 27.8 Å². The van der Waals surface area contributed by atoms with Crippen molar-refractivity contribution in [3.05, 3.63) is 137 Å². The third-order valence-electron chi connectivity index (χ3n) is 8.71. The van der Waals surface area contributed by atoms with Crippen LogP contribution in [0.2, 0.25) is 0 Å². The highest BCUT2D eigenvalue weighted by molar-refractivity contribution is 6.08. The van der Waals surface area contributed by atoms with E-state index in [0.717, 1.165) is 50.3 Å². The molecule has 6 aromatic rings. The van der Waals surface area contributed by atoms with E-state index >= 15 is 0 Å². The summed E-state index contributed by atoms with van der Waals surface area (Å²) in [5.74, 6) is -0.102. The van der Waals surface area contributed by atoms with Gasteiger partial charge in [0.05, 0.1) is 11.1 Å². The topological polar surface area (TPSA) is 34.5 Å². The number of para-hydroxylation sites is 1. The van der Waals surface area contributed by atoms with E-state index in [1.54, 1.807) is 24.3 Å². The molecule has 0 N–H and O–H groups in total. The molecule has 0 unspecified atom stereocenters. The van der Waals surface area contributed by atoms with Crippen LogP contribution in [0.4, 0.5) is 13.2 Å². The zero-order valence-electron chi connectivity index (χ0n) is 24.8. The van der Waals surface area contributed by atoms with E-state index in [4.69, 9.17) is 4.74 Å². The van der Waals surface area contributed by atoms with Crippen molar-refractivity contribution in [3.8, 4) is 16.9 Å². The summed E-state index contributed by atoms with van der Waals surface area (Å²) in [4.78, 5) is 15.7. The number of ether oxygens (including phenoxy) is 1. The zero-order valence-corrected chi connectivity index (χ0v) is 24.8. The van der Waals surface area contributed by atoms with Gasteiger partial charge in [0.15, 0.2) is 0 Å². The lowest BCUT2D eigenvalue weighted by Gasteiger charge is -2.29. The Morgan fingerprint density at radius 1 is 0.800 bits per heavy atom. The molecule has 7 heteroatoms. The van der Waals surface area contributed by atoms with Gasteiger partial charge < -0.3 is 9.30 Å². The first kappa shape index (κ1) is 28.9. The SMILES string of the molecule is CCn1c2ccccc2c2cc(CN3CCc4cc(OC(=O)c5ccccc5-c5ccc(C(F)(F)F)cc5)ccc4C3)ccc21. The molecule has 4 nitrogen and oxygen atoms in total. The van der Waals surface area contributed by atoms with Gasteiger partial charge in [0.1, 0.15) is 5.75 Å². The van der Waals surface area contributed by atoms with Crippen molar-refractivity contribution in [1.82, 2.24) is 9.47 Å². The summed E-state index contributed by atoms with van der Waals surface area (Å²) in [5, 5.41) is 2.57. The maximum Gasteiger partial charge on any atom is 0.416 e. The summed E-state index contributed by atoms with van der Waals surface area (Å²) in [6.07, 6.45) is -3.59. The van der Waals surface area contributed by atoms with Crippen LogP contribution in [0.25, 0.3) is 32.9 Å². The Hall–Kier alpha value is -4.88. The second-order valence-electron chi connectivity index (χ2n) is 11.5. The number of aryl methyl sites for hydroxylation is 1. The molecule has 0 bridgehead atoms. The van der Waals surface area contributed by atoms with Gasteiger partial charge in [-0.3, -0.25) is 4.90 Å². The lowest BCUT2D eigenvalue weighted by atomic mass is 9.98. The Bertz CT molecular complexity index is 2040. The van der Waals surface area contributed by atoms with Gasteiger partial charge in [0.25, 0.3) is 0 Å². The van der Waals surface area contributed by atoms with Crippen molar-refractivity contribution in [2.24, 2.45) is 0 Å². The number of carbonyl (C=O) groups is 1. The van der Waals surface area contributed by atoms with Gasteiger partial charge in [-0.25, -0.2) is 4.79 Å². The van der Waals surface area contributed by atoms with Gasteiger partial charge >= 0.3 is 12.1 Å². The summed E-state index contributed by atoms with van der Waals surface area (Å²) < 4.78 is 47.3. The van der Waals surface area contributed by atoms with E-state index in [1.807, 2.05) is 18.2 Å². The number of alkyl halides is 3. The van der Waals surface area contributed by atoms with E-state index in [9.17, 15) is 18.0 Å². The summed E-state index contributed by atoms with van der Waals surface area (Å²) >= 11 is 0. The molecule has 0 amide bonds. The van der Waals surface area contributed by atoms with Crippen LogP contribution in [0.3, 0.4) is 0 Å². The number of hydrogen-bond donors (Lipinski definition) is 0. The first-order chi connectivity index (χ1) is 21.8. The molecule has 0 spiro atoms. The van der Waals surface area contributed by atoms with Gasteiger partial charge in [-0.2, -0.15) is 13.2 Å². The molecule has 0 radical (unpaired) electrons. The molecule has 1 aliphatic rings. The average Bonchev–Trinajstić information content (AvgIpc) is 3.37. The monoisotopic (exact) mass is 604 g/mol. The second kappa shape index (κ2) is 11.6. The number of fused-ring (bicyclic) bond motifs is 4. The standard InChI is InChI=1S/C38H31F3N2O2/c1-2-43-35-10-6-5-8-32(35)34-21-25(11-18-36(34)43)23-42-20-19-27-22-30(17-14-28(27)24-42)45-37(44)33-9-4-3-7-31(33)26-12-15-29(16-13-26)38(39,40)41/h3-18,21-22H,2,19-20,23-24H2,1H3. The number of carbonyl (C=O) groups excluding carboxylic acids is 1. The Labute approximate surface area is 259 Å². The molecule has 1 aliphatic heterocycles. The minimum absolute atomic E-state index is 0.292. The van der Waals surface area contributed by atoms with Crippen LogP contribution in [0, 0.1) is 0 Å². The molecule has 226 valence electrons. The molecule has 5 aromatic carbocycles. The van der Waals surface area contributed by atoms with Crippen molar-refractivity contribution in [2.75, 3.05) is 6.54 Å². The van der Waals surface area contributed by atoms with Crippen LogP contribution in [0.15, 0.2) is 109 Å². The minimum atomic E-state index is -4.42. The molecular weight excluding hydrogens is 573 g/mol. The molecule has 0 saturated carbocycles. The maximum atomic E-state index is 13.2. The first-order valence-corrected chi connectivity index (χ1v) is 15.1. The second-order valence-corrected chi connectivity index (χ2v) is 11.5. The molecule has 0 atom stereocenters. The quantitative estimate of drug-likeness (QED) is 0.140. The molecule has 1 aromatic heterocycles. The number of halogens is 3. The van der Waals surface area contributed by atoms with E-state index in [-0.39, 0.29) is 0 Å². The van der Waals surface area contributed by atoms with Crippen molar-refractivity contribution in [2.45, 2.75) is 39.2 Å². The van der Waals surface area contributed by atoms with Crippen LogP contribution < -0.4 is 4.74 Å². The Morgan fingerprint density at radius 2 is 1.56 bits per heavy atom. The van der Waals surface area contributed by atoms with Crippen molar-refractivity contribution in [1.29, 1.82) is 0 Å². The molecule has 7 rings (SSSR count). The van der Waals surface area contributed by atoms with E-state index in [0.29, 0.717) is 22.4 Å². The Balaban J connectivity index is 1.06. The van der Waals surface area contributed by atoms with E-state index in [2.05, 4.69) is 58.9 Å². The molecule has 0 saturated heterocycles. The van der Waals surface area contributed by atoms with Crippen LogP contribution in [-0.2, 0) is 32.2 Å². The maximum absolute atomic E-state index is 13.2. The molecular formula is C38H31F3N2O2. The zero-order chi connectivity index (χ0) is 31.1. The highest BCUT2D eigenvalue weighted by Crippen LogP contribution is 2.33. The minimum Gasteiger partial charge on any atom is -0.423 e. The largest absolute Gasteiger partial charge is 0.423 e. The lowest BCUT2D eigenvalue weighted by Crippen LogP contribution is -2.30. The van der Waals surface area contributed by atoms with Crippen molar-refractivity contribution < 1.29 is 22.7 Å². The van der Waals surface area contributed by atoms with Gasteiger partial charge in [0, 0.05) is 48.0 Å². The lowest BCUT2D eigenvalue weighted by molar-refractivity contribution is -0.137. The predicted octanol–water partition coefficient (Wildman–Crippen LogP) is 9.28. The molecule has 2 heterocycles. The fourth-order valence-corrected chi connectivity index (χ4v) is 6.50. The summed E-state index contributed by atoms with van der Waals surface area (Å²) in [6.45, 7) is 5.64. The number of benzene rings is 5. The number of hydrogen-bond acceptors (Lipinski definition) is 3. The van der Waals surface area contributed by atoms with E-state index < -0.39 is 17.7 Å². The van der Waals surface area contributed by atoms with E-state index in [1.165, 1.54) is 45.1 Å². The van der Waals surface area contributed by atoms with Crippen LogP contribution >= 0.6 is 0 Å². The fraction of sp³-hybridized carbons (Fsp3) is 0.184. The van der Waals surface area contributed by atoms with Gasteiger partial charge in [-0.05, 0) is 89.7 Å². The highest BCUT2D eigenvalue weighted by Gasteiger charge is 2.30. The summed E-state index contributed by atoms with van der Waals surface area (Å²) in [5.41, 5.74) is 6.74. The third kappa shape index (κ3) is 5.60. The predicted molar refractivity (Wildman–Crippen MR) is 171 cm³/mol. The van der Waals surface area contributed by atoms with Crippen molar-refractivity contribution in [3.63, 3.8) is 0 Å². The van der Waals surface area contributed by atoms with Gasteiger partial charge in [-0.15, -0.1) is 0 Å². The number of esters is 1. The van der Waals surface area contributed by atoms with Gasteiger partial charge in [-0.1, -0.05) is 60.7 Å². The summed E-state index contributed by atoms with van der Waals surface area (Å²) in [6, 6.07) is 32.7. The third-order valence-corrected chi connectivity index (χ3v) is 8.71. The van der Waals surface area contributed by atoms with Crippen LogP contribution in [0.5, 0.6) is 5.75 Å². The first-order valence-electron chi connectivity index (χ1n) is 15.1. The normalized spacial score (nSPS) is 13.7. The van der Waals surface area contributed by atoms with Gasteiger partial charge in [0.2, 0.25) is 0 Å².